The van der Waals surface area contributed by atoms with E-state index in [0.29, 0.717) is 11.8 Å². The number of fused-ring (bicyclic) bond motifs is 2. The minimum Gasteiger partial charge on any atom is -0.353 e. The molecule has 1 radical (unpaired) electrons. The van der Waals surface area contributed by atoms with E-state index in [-0.39, 0.29) is 11.0 Å². The lowest BCUT2D eigenvalue weighted by atomic mass is 9.78. The van der Waals surface area contributed by atoms with Gasteiger partial charge in [0.15, 0.2) is 0 Å². The molecule has 209 valence electrons. The summed E-state index contributed by atoms with van der Waals surface area (Å²) in [6.45, 7) is 19.1. The van der Waals surface area contributed by atoms with Gasteiger partial charge in [-0.25, -0.2) is 0 Å². The van der Waals surface area contributed by atoms with Gasteiger partial charge in [0.1, 0.15) is 0 Å². The summed E-state index contributed by atoms with van der Waals surface area (Å²) in [4.78, 5) is 2.72. The zero-order chi connectivity index (χ0) is 29.1. The van der Waals surface area contributed by atoms with Crippen LogP contribution in [0.5, 0.6) is 0 Å². The van der Waals surface area contributed by atoms with Crippen molar-refractivity contribution in [3.8, 4) is 11.1 Å². The van der Waals surface area contributed by atoms with Crippen molar-refractivity contribution >= 4 is 27.2 Å². The maximum Gasteiger partial charge on any atom is 0.0989 e. The SMILES string of the molecule is CC(C)c1cccc(C(C)C)c1N1[C](c2ccc(-c3c4ccccc4cc4ccccc34)cc2)C(C)(C)CC1(C)C. The molecule has 0 N–H and O–H groups in total. The highest BCUT2D eigenvalue weighted by Gasteiger charge is 2.53. The monoisotopic (exact) mass is 538 g/mol. The first-order valence-corrected chi connectivity index (χ1v) is 15.3. The van der Waals surface area contributed by atoms with E-state index in [0.717, 1.165) is 6.42 Å². The fraction of sp³-hybridized carbons (Fsp3) is 0.325. The molecular weight excluding hydrogens is 494 g/mol. The topological polar surface area (TPSA) is 3.24 Å². The van der Waals surface area contributed by atoms with Gasteiger partial charge in [-0.05, 0) is 92.9 Å². The van der Waals surface area contributed by atoms with Crippen LogP contribution in [-0.4, -0.2) is 5.54 Å². The van der Waals surface area contributed by atoms with Crippen LogP contribution in [0.3, 0.4) is 0 Å². The normalized spacial score (nSPS) is 16.9. The fourth-order valence-corrected chi connectivity index (χ4v) is 7.67. The Morgan fingerprint density at radius 2 is 1.07 bits per heavy atom. The standard InChI is InChI=1S/C40H44N/c1-26(2)32-18-13-19-33(27(3)4)37(32)41-38(39(5,6)25-40(41,7)8)29-22-20-28(21-23-29)36-34-16-11-9-14-30(34)24-31-15-10-12-17-35(31)36/h9-24,26-27H,25H2,1-8H3. The van der Waals surface area contributed by atoms with Gasteiger partial charge in [-0.3, -0.25) is 0 Å². The highest BCUT2D eigenvalue weighted by Crippen LogP contribution is 2.57. The molecule has 1 heteroatoms. The van der Waals surface area contributed by atoms with Gasteiger partial charge in [-0.15, -0.1) is 0 Å². The Bertz CT molecular complexity index is 1640. The smallest absolute Gasteiger partial charge is 0.0989 e. The van der Waals surface area contributed by atoms with Crippen molar-refractivity contribution in [3.05, 3.63) is 120 Å². The Balaban J connectivity index is 1.53. The minimum atomic E-state index is -0.00201. The lowest BCUT2D eigenvalue weighted by Gasteiger charge is -2.42. The molecule has 1 aliphatic heterocycles. The van der Waals surface area contributed by atoms with Gasteiger partial charge in [-0.2, -0.15) is 0 Å². The van der Waals surface area contributed by atoms with E-state index in [4.69, 9.17) is 0 Å². The fourth-order valence-electron chi connectivity index (χ4n) is 7.67. The molecule has 0 spiro atoms. The third-order valence-corrected chi connectivity index (χ3v) is 9.13. The second-order valence-corrected chi connectivity index (χ2v) is 13.9. The third kappa shape index (κ3) is 4.64. The van der Waals surface area contributed by atoms with Crippen molar-refractivity contribution in [2.45, 2.75) is 79.2 Å². The summed E-state index contributed by atoms with van der Waals surface area (Å²) in [6, 6.07) is 37.8. The number of anilines is 1. The summed E-state index contributed by atoms with van der Waals surface area (Å²) in [5.74, 6) is 0.901. The van der Waals surface area contributed by atoms with Gasteiger partial charge < -0.3 is 4.90 Å². The molecule has 5 aromatic carbocycles. The average Bonchev–Trinajstić information content (AvgIpc) is 3.13. The first-order valence-electron chi connectivity index (χ1n) is 15.3. The Morgan fingerprint density at radius 3 is 1.59 bits per heavy atom. The molecule has 1 nitrogen and oxygen atoms in total. The van der Waals surface area contributed by atoms with Crippen LogP contribution in [0.1, 0.15) is 90.3 Å². The van der Waals surface area contributed by atoms with Crippen LogP contribution in [-0.2, 0) is 0 Å². The second-order valence-electron chi connectivity index (χ2n) is 13.9. The van der Waals surface area contributed by atoms with Gasteiger partial charge in [0.25, 0.3) is 0 Å². The van der Waals surface area contributed by atoms with E-state index in [9.17, 15) is 0 Å². The lowest BCUT2D eigenvalue weighted by Crippen LogP contribution is -2.42. The molecule has 0 amide bonds. The lowest BCUT2D eigenvalue weighted by molar-refractivity contribution is 0.376. The van der Waals surface area contributed by atoms with Crippen molar-refractivity contribution in [1.29, 1.82) is 0 Å². The number of benzene rings is 5. The molecule has 5 aromatic rings. The zero-order valence-electron chi connectivity index (χ0n) is 26.0. The molecule has 0 saturated carbocycles. The summed E-state index contributed by atoms with van der Waals surface area (Å²) in [5, 5.41) is 5.19. The highest BCUT2D eigenvalue weighted by atomic mass is 15.3. The summed E-state index contributed by atoms with van der Waals surface area (Å²) in [6.07, 6.45) is 1.11. The maximum absolute atomic E-state index is 2.72. The molecule has 41 heavy (non-hydrogen) atoms. The third-order valence-electron chi connectivity index (χ3n) is 9.13. The predicted molar refractivity (Wildman–Crippen MR) is 179 cm³/mol. The van der Waals surface area contributed by atoms with Crippen molar-refractivity contribution in [3.63, 3.8) is 0 Å². The van der Waals surface area contributed by atoms with Crippen LogP contribution in [0, 0.1) is 11.5 Å². The zero-order valence-corrected chi connectivity index (χ0v) is 26.0. The largest absolute Gasteiger partial charge is 0.353 e. The van der Waals surface area contributed by atoms with E-state index in [2.05, 4.69) is 157 Å². The summed E-state index contributed by atoms with van der Waals surface area (Å²) in [5.41, 5.74) is 8.26. The molecule has 0 aromatic heterocycles. The molecule has 0 aliphatic carbocycles. The first kappa shape index (κ1) is 27.6. The first-order chi connectivity index (χ1) is 19.5. The highest BCUT2D eigenvalue weighted by molar-refractivity contribution is 6.12. The van der Waals surface area contributed by atoms with E-state index in [1.807, 2.05) is 0 Å². The van der Waals surface area contributed by atoms with E-state index in [1.54, 1.807) is 0 Å². The van der Waals surface area contributed by atoms with Gasteiger partial charge in [-0.1, -0.05) is 133 Å². The van der Waals surface area contributed by atoms with E-state index >= 15 is 0 Å². The summed E-state index contributed by atoms with van der Waals surface area (Å²) >= 11 is 0. The maximum atomic E-state index is 2.72. The van der Waals surface area contributed by atoms with E-state index in [1.165, 1.54) is 61.1 Å². The minimum absolute atomic E-state index is 0.00201. The van der Waals surface area contributed by atoms with Gasteiger partial charge in [0, 0.05) is 11.2 Å². The second kappa shape index (κ2) is 10.1. The summed E-state index contributed by atoms with van der Waals surface area (Å²) in [7, 11) is 0. The number of hydrogen-bond acceptors (Lipinski definition) is 1. The molecule has 0 unspecified atom stereocenters. The van der Waals surface area contributed by atoms with Crippen LogP contribution in [0.25, 0.3) is 32.7 Å². The molecule has 0 atom stereocenters. The Hall–Kier alpha value is -3.58. The van der Waals surface area contributed by atoms with Crippen LogP contribution in [0.2, 0.25) is 0 Å². The number of nitrogens with zero attached hydrogens (tertiary/aromatic N) is 1. The van der Waals surface area contributed by atoms with Gasteiger partial charge >= 0.3 is 0 Å². The van der Waals surface area contributed by atoms with Crippen molar-refractivity contribution < 1.29 is 0 Å². The number of hydrogen-bond donors (Lipinski definition) is 0. The number of rotatable bonds is 5. The Labute approximate surface area is 247 Å². The molecule has 0 bridgehead atoms. The Kier molecular flexibility index (Phi) is 6.76. The summed E-state index contributed by atoms with van der Waals surface area (Å²) < 4.78 is 0. The molecule has 1 fully saturated rings. The van der Waals surface area contributed by atoms with Crippen LogP contribution in [0.15, 0.2) is 97.1 Å². The van der Waals surface area contributed by atoms with Crippen molar-refractivity contribution in [2.75, 3.05) is 4.90 Å². The number of para-hydroxylation sites is 1. The average molecular weight is 539 g/mol. The van der Waals surface area contributed by atoms with E-state index < -0.39 is 0 Å². The molecule has 6 rings (SSSR count). The Morgan fingerprint density at radius 1 is 0.585 bits per heavy atom. The predicted octanol–water partition coefficient (Wildman–Crippen LogP) is 11.5. The van der Waals surface area contributed by atoms with Crippen LogP contribution in [0.4, 0.5) is 5.69 Å². The van der Waals surface area contributed by atoms with Gasteiger partial charge in [0.05, 0.1) is 6.04 Å². The van der Waals surface area contributed by atoms with Crippen molar-refractivity contribution in [1.82, 2.24) is 0 Å². The molecule has 1 saturated heterocycles. The van der Waals surface area contributed by atoms with Crippen LogP contribution < -0.4 is 4.90 Å². The van der Waals surface area contributed by atoms with Gasteiger partial charge in [0.2, 0.25) is 0 Å². The molecule has 1 aliphatic rings. The molecular formula is C40H44N. The van der Waals surface area contributed by atoms with Crippen LogP contribution >= 0.6 is 0 Å². The quantitative estimate of drug-likeness (QED) is 0.201. The molecule has 1 heterocycles. The van der Waals surface area contributed by atoms with Crippen molar-refractivity contribution in [2.24, 2.45) is 5.41 Å².